The van der Waals surface area contributed by atoms with Crippen molar-refractivity contribution >= 4 is 11.3 Å². The predicted molar refractivity (Wildman–Crippen MR) is 83.7 cm³/mol. The van der Waals surface area contributed by atoms with Crippen molar-refractivity contribution < 1.29 is 0 Å². The first-order chi connectivity index (χ1) is 8.78. The van der Waals surface area contributed by atoms with Crippen LogP contribution >= 0.6 is 11.3 Å². The molecule has 1 heterocycles. The highest BCUT2D eigenvalue weighted by atomic mass is 32.1. The molecule has 1 aromatic rings. The molecular formula is C16H28N2S. The maximum absolute atomic E-state index is 4.77. The topological polar surface area (TPSA) is 24.9 Å². The van der Waals surface area contributed by atoms with E-state index < -0.39 is 0 Å². The van der Waals surface area contributed by atoms with E-state index in [0.29, 0.717) is 5.54 Å². The molecule has 2 nitrogen and oxygen atoms in total. The molecule has 3 heteroatoms. The van der Waals surface area contributed by atoms with Gasteiger partial charge in [-0.1, -0.05) is 27.7 Å². The maximum atomic E-state index is 4.77. The van der Waals surface area contributed by atoms with Gasteiger partial charge in [-0.15, -0.1) is 11.3 Å². The van der Waals surface area contributed by atoms with Gasteiger partial charge in [0.05, 0.1) is 10.7 Å². The first-order valence-electron chi connectivity index (χ1n) is 7.48. The molecule has 0 unspecified atom stereocenters. The van der Waals surface area contributed by atoms with Crippen LogP contribution in [0, 0.1) is 5.92 Å². The molecule has 1 fully saturated rings. The van der Waals surface area contributed by atoms with Crippen molar-refractivity contribution in [2.24, 2.45) is 5.92 Å². The van der Waals surface area contributed by atoms with Gasteiger partial charge in [0.1, 0.15) is 0 Å². The van der Waals surface area contributed by atoms with Gasteiger partial charge in [0.2, 0.25) is 0 Å². The minimum atomic E-state index is 0.174. The molecule has 1 aliphatic rings. The lowest BCUT2D eigenvalue weighted by molar-refractivity contribution is 0.212. The van der Waals surface area contributed by atoms with Gasteiger partial charge in [-0.2, -0.15) is 0 Å². The number of thiazole rings is 1. The Morgan fingerprint density at radius 2 is 2.00 bits per heavy atom. The van der Waals surface area contributed by atoms with Crippen molar-refractivity contribution in [2.45, 2.75) is 77.8 Å². The van der Waals surface area contributed by atoms with Crippen molar-refractivity contribution in [1.29, 1.82) is 0 Å². The molecule has 19 heavy (non-hydrogen) atoms. The second-order valence-electron chi connectivity index (χ2n) is 7.49. The molecule has 0 aromatic carbocycles. The van der Waals surface area contributed by atoms with Gasteiger partial charge in [-0.25, -0.2) is 4.98 Å². The second-order valence-corrected chi connectivity index (χ2v) is 8.35. The van der Waals surface area contributed by atoms with Gasteiger partial charge in [0, 0.05) is 22.9 Å². The summed E-state index contributed by atoms with van der Waals surface area (Å²) >= 11 is 1.79. The Morgan fingerprint density at radius 3 is 2.53 bits per heavy atom. The summed E-state index contributed by atoms with van der Waals surface area (Å²) in [7, 11) is 0. The lowest BCUT2D eigenvalue weighted by Crippen LogP contribution is -2.44. The number of rotatable bonds is 3. The molecule has 0 aliphatic heterocycles. The standard InChI is InChI=1S/C16H28N2S/c1-12-6-8-16(5,9-7-12)17-10-13-11-19-14(18-13)15(2,3)4/h11-12,17H,6-10H2,1-5H3. The van der Waals surface area contributed by atoms with E-state index in [-0.39, 0.29) is 5.41 Å². The van der Waals surface area contributed by atoms with E-state index in [1.807, 2.05) is 0 Å². The Kier molecular flexibility index (Phi) is 4.36. The number of hydrogen-bond acceptors (Lipinski definition) is 3. The predicted octanol–water partition coefficient (Wildman–Crippen LogP) is 4.50. The highest BCUT2D eigenvalue weighted by molar-refractivity contribution is 7.09. The van der Waals surface area contributed by atoms with Crippen LogP contribution in [0.1, 0.15) is 71.0 Å². The van der Waals surface area contributed by atoms with Gasteiger partial charge in [0.25, 0.3) is 0 Å². The van der Waals surface area contributed by atoms with Gasteiger partial charge in [-0.05, 0) is 38.5 Å². The largest absolute Gasteiger partial charge is 0.306 e. The summed E-state index contributed by atoms with van der Waals surface area (Å²) in [5.74, 6) is 0.904. The zero-order valence-corrected chi connectivity index (χ0v) is 13.9. The molecule has 2 rings (SSSR count). The van der Waals surface area contributed by atoms with Crippen molar-refractivity contribution in [1.82, 2.24) is 10.3 Å². The summed E-state index contributed by atoms with van der Waals surface area (Å²) in [5.41, 5.74) is 1.69. The molecule has 0 saturated heterocycles. The average molecular weight is 280 g/mol. The van der Waals surface area contributed by atoms with Crippen LogP contribution in [0.3, 0.4) is 0 Å². The lowest BCUT2D eigenvalue weighted by Gasteiger charge is -2.37. The van der Waals surface area contributed by atoms with E-state index in [0.717, 1.165) is 12.5 Å². The average Bonchev–Trinajstić information content (AvgIpc) is 2.80. The monoisotopic (exact) mass is 280 g/mol. The van der Waals surface area contributed by atoms with Crippen molar-refractivity contribution in [3.63, 3.8) is 0 Å². The smallest absolute Gasteiger partial charge is 0.0982 e. The van der Waals surface area contributed by atoms with E-state index in [1.54, 1.807) is 11.3 Å². The minimum Gasteiger partial charge on any atom is -0.306 e. The highest BCUT2D eigenvalue weighted by Crippen LogP contribution is 2.32. The molecule has 1 aliphatic carbocycles. The van der Waals surface area contributed by atoms with Crippen LogP contribution in [0.4, 0.5) is 0 Å². The summed E-state index contributed by atoms with van der Waals surface area (Å²) in [6.45, 7) is 12.3. The Hall–Kier alpha value is -0.410. The van der Waals surface area contributed by atoms with E-state index in [2.05, 4.69) is 45.3 Å². The number of hydrogen-bond donors (Lipinski definition) is 1. The lowest BCUT2D eigenvalue weighted by atomic mass is 9.78. The highest BCUT2D eigenvalue weighted by Gasteiger charge is 2.29. The fraction of sp³-hybridized carbons (Fsp3) is 0.812. The van der Waals surface area contributed by atoms with Gasteiger partial charge >= 0.3 is 0 Å². The number of nitrogens with one attached hydrogen (secondary N) is 1. The molecule has 1 aromatic heterocycles. The van der Waals surface area contributed by atoms with Crippen LogP contribution in [0.5, 0.6) is 0 Å². The van der Waals surface area contributed by atoms with Crippen LogP contribution in [-0.4, -0.2) is 10.5 Å². The zero-order chi connectivity index (χ0) is 14.1. The van der Waals surface area contributed by atoms with E-state index in [4.69, 9.17) is 4.98 Å². The Morgan fingerprint density at radius 1 is 1.37 bits per heavy atom. The first kappa shape index (κ1) is 15.0. The van der Waals surface area contributed by atoms with Crippen LogP contribution in [0.2, 0.25) is 0 Å². The molecular weight excluding hydrogens is 252 g/mol. The molecule has 0 bridgehead atoms. The number of aromatic nitrogens is 1. The molecule has 0 amide bonds. The molecule has 0 atom stereocenters. The summed E-state index contributed by atoms with van der Waals surface area (Å²) in [5, 5.41) is 7.20. The van der Waals surface area contributed by atoms with E-state index in [1.165, 1.54) is 36.4 Å². The van der Waals surface area contributed by atoms with E-state index in [9.17, 15) is 0 Å². The van der Waals surface area contributed by atoms with Crippen molar-refractivity contribution in [2.75, 3.05) is 0 Å². The Labute approximate surface area is 122 Å². The van der Waals surface area contributed by atoms with Crippen molar-refractivity contribution in [3.8, 4) is 0 Å². The van der Waals surface area contributed by atoms with Crippen molar-refractivity contribution in [3.05, 3.63) is 16.1 Å². The summed E-state index contributed by atoms with van der Waals surface area (Å²) in [6.07, 6.45) is 5.30. The minimum absolute atomic E-state index is 0.174. The SMILES string of the molecule is CC1CCC(C)(NCc2csc(C(C)(C)C)n2)CC1. The van der Waals surface area contributed by atoms with Gasteiger partial charge in [0.15, 0.2) is 0 Å². The third kappa shape index (κ3) is 4.03. The first-order valence-corrected chi connectivity index (χ1v) is 8.36. The molecule has 1 saturated carbocycles. The van der Waals surface area contributed by atoms with E-state index >= 15 is 0 Å². The normalized spacial score (nSPS) is 28.6. The van der Waals surface area contributed by atoms with Crippen LogP contribution in [-0.2, 0) is 12.0 Å². The molecule has 1 N–H and O–H groups in total. The quantitative estimate of drug-likeness (QED) is 0.882. The van der Waals surface area contributed by atoms with Crippen LogP contribution in [0.25, 0.3) is 0 Å². The number of nitrogens with zero attached hydrogens (tertiary/aromatic N) is 1. The molecule has 108 valence electrons. The summed E-state index contributed by atoms with van der Waals surface area (Å²) in [6, 6.07) is 0. The third-order valence-electron chi connectivity index (χ3n) is 4.27. The Bertz CT molecular complexity index is 409. The van der Waals surface area contributed by atoms with Gasteiger partial charge < -0.3 is 5.32 Å². The second kappa shape index (κ2) is 5.53. The molecule has 0 radical (unpaired) electrons. The van der Waals surface area contributed by atoms with Crippen LogP contribution < -0.4 is 5.32 Å². The van der Waals surface area contributed by atoms with Gasteiger partial charge in [-0.3, -0.25) is 0 Å². The fourth-order valence-electron chi connectivity index (χ4n) is 2.61. The third-order valence-corrected chi connectivity index (χ3v) is 5.58. The maximum Gasteiger partial charge on any atom is 0.0982 e. The molecule has 0 spiro atoms. The summed E-state index contributed by atoms with van der Waals surface area (Å²) < 4.78 is 0. The van der Waals surface area contributed by atoms with Crippen LogP contribution in [0.15, 0.2) is 5.38 Å². The Balaban J connectivity index is 1.90. The zero-order valence-electron chi connectivity index (χ0n) is 13.0. The fourth-order valence-corrected chi connectivity index (χ4v) is 3.52. The summed E-state index contributed by atoms with van der Waals surface area (Å²) in [4.78, 5) is 4.77.